The molecule has 0 spiro atoms. The van der Waals surface area contributed by atoms with Gasteiger partial charge < -0.3 is 18.8 Å². The third-order valence-electron chi connectivity index (χ3n) is 9.29. The lowest BCUT2D eigenvalue weighted by molar-refractivity contribution is 0.0512. The fraction of sp³-hybridized carbons (Fsp3) is 0.421. The molecule has 0 unspecified atom stereocenters. The van der Waals surface area contributed by atoms with Gasteiger partial charge in [0.1, 0.15) is 17.3 Å². The second kappa shape index (κ2) is 15.1. The SMILES string of the molecule is CCOC(=O)c1c(CCCOc2cccc3cc(F)ccc23)c2ccc(Cl)c3c2n1CCCCN(CCOC)Cc1nn(C)c(CC)c1-3. The third-order valence-corrected chi connectivity index (χ3v) is 9.61. The van der Waals surface area contributed by atoms with Crippen molar-refractivity contribution < 1.29 is 23.4 Å². The van der Waals surface area contributed by atoms with Gasteiger partial charge in [-0.25, -0.2) is 9.18 Å². The van der Waals surface area contributed by atoms with Crippen molar-refractivity contribution in [2.45, 2.75) is 59.0 Å². The summed E-state index contributed by atoms with van der Waals surface area (Å²) in [4.78, 5) is 16.2. The number of hydrogen-bond donors (Lipinski definition) is 0. The van der Waals surface area contributed by atoms with Crippen LogP contribution in [0.4, 0.5) is 4.39 Å². The molecule has 254 valence electrons. The summed E-state index contributed by atoms with van der Waals surface area (Å²) >= 11 is 7.17. The van der Waals surface area contributed by atoms with Gasteiger partial charge in [-0.3, -0.25) is 9.58 Å². The maximum Gasteiger partial charge on any atom is 0.355 e. The largest absolute Gasteiger partial charge is 0.493 e. The Kier molecular flexibility index (Phi) is 10.7. The molecule has 1 aliphatic heterocycles. The molecule has 0 fully saturated rings. The van der Waals surface area contributed by atoms with Gasteiger partial charge in [0, 0.05) is 61.4 Å². The highest BCUT2D eigenvalue weighted by molar-refractivity contribution is 6.35. The second-order valence-electron chi connectivity index (χ2n) is 12.3. The van der Waals surface area contributed by atoms with Gasteiger partial charge in [0.2, 0.25) is 0 Å². The predicted molar refractivity (Wildman–Crippen MR) is 189 cm³/mol. The summed E-state index contributed by atoms with van der Waals surface area (Å²) < 4.78 is 35.4. The van der Waals surface area contributed by atoms with Gasteiger partial charge in [0.15, 0.2) is 0 Å². The van der Waals surface area contributed by atoms with E-state index in [9.17, 15) is 9.18 Å². The molecule has 6 rings (SSSR count). The van der Waals surface area contributed by atoms with Crippen molar-refractivity contribution in [3.8, 4) is 16.9 Å². The van der Waals surface area contributed by atoms with Crippen LogP contribution in [0.3, 0.4) is 0 Å². The van der Waals surface area contributed by atoms with Gasteiger partial charge in [-0.2, -0.15) is 5.10 Å². The molecule has 10 heteroatoms. The fourth-order valence-corrected chi connectivity index (χ4v) is 7.40. The van der Waals surface area contributed by atoms with E-state index in [0.29, 0.717) is 55.6 Å². The Morgan fingerprint density at radius 1 is 1.02 bits per heavy atom. The molecule has 8 nitrogen and oxygen atoms in total. The van der Waals surface area contributed by atoms with Crippen LogP contribution >= 0.6 is 11.6 Å². The lowest BCUT2D eigenvalue weighted by atomic mass is 9.97. The number of carbonyl (C=O) groups excluding carboxylic acids is 1. The highest BCUT2D eigenvalue weighted by Crippen LogP contribution is 2.43. The number of esters is 1. The molecule has 0 saturated heterocycles. The number of nitrogens with zero attached hydrogens (tertiary/aromatic N) is 4. The number of methoxy groups -OCH3 is 1. The number of halogens is 2. The molecule has 0 N–H and O–H groups in total. The van der Waals surface area contributed by atoms with E-state index in [-0.39, 0.29) is 18.4 Å². The van der Waals surface area contributed by atoms with Crippen molar-refractivity contribution in [2.24, 2.45) is 7.05 Å². The Labute approximate surface area is 286 Å². The maximum absolute atomic E-state index is 13.8. The average Bonchev–Trinajstić information content (AvgIpc) is 3.55. The van der Waals surface area contributed by atoms with Crippen molar-refractivity contribution in [2.75, 3.05) is 40.0 Å². The van der Waals surface area contributed by atoms with Gasteiger partial charge in [-0.05, 0) is 86.9 Å². The van der Waals surface area contributed by atoms with Gasteiger partial charge in [-0.15, -0.1) is 0 Å². The summed E-state index contributed by atoms with van der Waals surface area (Å²) in [7, 11) is 3.72. The molecule has 0 amide bonds. The molecule has 0 radical (unpaired) electrons. The molecule has 3 heterocycles. The standard InChI is InChI=1S/C38H44ClFN4O4/c1-5-32-35-31(41-42(32)3)24-43(20-22-46-4)18-7-8-19-44-36-29(16-17-30(39)34(35)36)28(37(44)38(45)47-6-2)12-10-21-48-33-13-9-11-25-23-26(40)14-15-27(25)33/h9,11,13-17,23H,5-8,10,12,18-22,24H2,1-4H3. The Morgan fingerprint density at radius 3 is 2.62 bits per heavy atom. The molecule has 2 aromatic heterocycles. The number of aromatic nitrogens is 3. The van der Waals surface area contributed by atoms with Gasteiger partial charge >= 0.3 is 5.97 Å². The van der Waals surface area contributed by atoms with E-state index >= 15 is 0 Å². The topological polar surface area (TPSA) is 70.8 Å². The molecule has 48 heavy (non-hydrogen) atoms. The summed E-state index contributed by atoms with van der Waals surface area (Å²) in [5.74, 6) is 0.0992. The number of rotatable bonds is 11. The number of fused-ring (bicyclic) bond motifs is 3. The molecule has 5 aromatic rings. The van der Waals surface area contributed by atoms with Crippen LogP contribution in [0.5, 0.6) is 5.75 Å². The number of benzene rings is 3. The molecule has 1 aliphatic rings. The van der Waals surface area contributed by atoms with Crippen molar-refractivity contribution >= 4 is 39.2 Å². The number of carbonyl (C=O) groups is 1. The Bertz CT molecular complexity index is 1930. The van der Waals surface area contributed by atoms with E-state index in [0.717, 1.165) is 82.1 Å². The zero-order valence-electron chi connectivity index (χ0n) is 28.3. The first-order valence-corrected chi connectivity index (χ1v) is 17.3. The van der Waals surface area contributed by atoms with Gasteiger partial charge in [-0.1, -0.05) is 36.7 Å². The van der Waals surface area contributed by atoms with E-state index in [1.807, 2.05) is 49.0 Å². The van der Waals surface area contributed by atoms with Crippen LogP contribution in [0.2, 0.25) is 5.02 Å². The van der Waals surface area contributed by atoms with E-state index < -0.39 is 0 Å². The molecule has 0 aliphatic carbocycles. The number of aryl methyl sites for hydroxylation is 3. The minimum absolute atomic E-state index is 0.277. The van der Waals surface area contributed by atoms with Crippen molar-refractivity contribution in [3.63, 3.8) is 0 Å². The number of hydrogen-bond acceptors (Lipinski definition) is 6. The van der Waals surface area contributed by atoms with Crippen molar-refractivity contribution in [1.29, 1.82) is 0 Å². The molecule has 0 atom stereocenters. The Morgan fingerprint density at radius 2 is 1.83 bits per heavy atom. The zero-order valence-corrected chi connectivity index (χ0v) is 29.0. The summed E-state index contributed by atoms with van der Waals surface area (Å²) in [6, 6.07) is 14.4. The first-order valence-electron chi connectivity index (χ1n) is 16.9. The quantitative estimate of drug-likeness (QED) is 0.105. The monoisotopic (exact) mass is 674 g/mol. The van der Waals surface area contributed by atoms with Crippen LogP contribution in [-0.2, 0) is 42.5 Å². The summed E-state index contributed by atoms with van der Waals surface area (Å²) in [5.41, 5.74) is 6.49. The molecular weight excluding hydrogens is 631 g/mol. The molecular formula is C38H44ClFN4O4. The minimum Gasteiger partial charge on any atom is -0.493 e. The van der Waals surface area contributed by atoms with E-state index in [1.165, 1.54) is 12.1 Å². The first kappa shape index (κ1) is 34.0. The predicted octanol–water partition coefficient (Wildman–Crippen LogP) is 7.98. The van der Waals surface area contributed by atoms with Crippen LogP contribution in [-0.4, -0.2) is 65.2 Å². The fourth-order valence-electron chi connectivity index (χ4n) is 7.15. The van der Waals surface area contributed by atoms with Crippen LogP contribution in [0, 0.1) is 5.82 Å². The van der Waals surface area contributed by atoms with E-state index in [2.05, 4.69) is 16.4 Å². The van der Waals surface area contributed by atoms with Crippen molar-refractivity contribution in [1.82, 2.24) is 19.2 Å². The molecule has 0 bridgehead atoms. The smallest absolute Gasteiger partial charge is 0.355 e. The average molecular weight is 675 g/mol. The van der Waals surface area contributed by atoms with E-state index in [1.54, 1.807) is 13.2 Å². The highest BCUT2D eigenvalue weighted by Gasteiger charge is 2.30. The van der Waals surface area contributed by atoms with Crippen LogP contribution in [0.1, 0.15) is 60.5 Å². The first-order chi connectivity index (χ1) is 23.4. The van der Waals surface area contributed by atoms with E-state index in [4.69, 9.17) is 30.9 Å². The summed E-state index contributed by atoms with van der Waals surface area (Å²) in [6.07, 6.45) is 3.86. The van der Waals surface area contributed by atoms with Crippen LogP contribution < -0.4 is 4.74 Å². The minimum atomic E-state index is -0.332. The zero-order chi connectivity index (χ0) is 33.8. The van der Waals surface area contributed by atoms with Gasteiger partial charge in [0.25, 0.3) is 0 Å². The molecule has 0 saturated carbocycles. The van der Waals surface area contributed by atoms with Crippen molar-refractivity contribution in [3.05, 3.63) is 82.0 Å². The lowest BCUT2D eigenvalue weighted by Crippen LogP contribution is -2.28. The highest BCUT2D eigenvalue weighted by atomic mass is 35.5. The maximum atomic E-state index is 13.8. The normalized spacial score (nSPS) is 13.9. The summed E-state index contributed by atoms with van der Waals surface area (Å²) in [6.45, 7) is 8.33. The Balaban J connectivity index is 1.44. The van der Waals surface area contributed by atoms with Gasteiger partial charge in [0.05, 0.1) is 36.1 Å². The molecule has 3 aromatic carbocycles. The van der Waals surface area contributed by atoms with Crippen LogP contribution in [0.25, 0.3) is 32.8 Å². The Hall–Kier alpha value is -3.92. The summed E-state index contributed by atoms with van der Waals surface area (Å²) in [5, 5.41) is 8.31. The lowest BCUT2D eigenvalue weighted by Gasteiger charge is -2.21. The second-order valence-corrected chi connectivity index (χ2v) is 12.7. The third kappa shape index (κ3) is 6.68. The number of ether oxygens (including phenoxy) is 3. The van der Waals surface area contributed by atoms with Crippen LogP contribution in [0.15, 0.2) is 48.5 Å².